The topological polar surface area (TPSA) is 59.1 Å². The van der Waals surface area contributed by atoms with E-state index in [1.807, 2.05) is 14.0 Å². The van der Waals surface area contributed by atoms with E-state index >= 15 is 0 Å². The fourth-order valence-corrected chi connectivity index (χ4v) is 5.19. The second-order valence-electron chi connectivity index (χ2n) is 4.11. The Morgan fingerprint density at radius 2 is 2.38 bits per heavy atom. The summed E-state index contributed by atoms with van der Waals surface area (Å²) in [7, 11) is -1.05. The van der Waals surface area contributed by atoms with Crippen LogP contribution >= 0.6 is 11.3 Å². The zero-order chi connectivity index (χ0) is 11.8. The van der Waals surface area contributed by atoms with E-state index in [9.17, 15) is 8.42 Å². The van der Waals surface area contributed by atoms with E-state index < -0.39 is 9.84 Å². The molecule has 0 spiro atoms. The molecule has 1 fully saturated rings. The van der Waals surface area contributed by atoms with E-state index in [4.69, 9.17) is 0 Å². The second-order valence-corrected chi connectivity index (χ2v) is 7.51. The molecule has 1 aliphatic heterocycles. The van der Waals surface area contributed by atoms with Crippen LogP contribution in [0.5, 0.6) is 0 Å². The lowest BCUT2D eigenvalue weighted by molar-refractivity contribution is 0.592. The molecule has 1 aliphatic rings. The normalized spacial score (nSPS) is 25.8. The molecule has 0 aliphatic carbocycles. The molecule has 2 atom stereocenters. The number of nitrogens with one attached hydrogen (secondary N) is 1. The molecule has 0 aromatic carbocycles. The molecule has 1 aromatic rings. The number of rotatable bonds is 3. The Hall–Kier alpha value is -0.460. The van der Waals surface area contributed by atoms with Gasteiger partial charge < -0.3 is 5.32 Å². The minimum atomic E-state index is -2.93. The Morgan fingerprint density at radius 1 is 1.62 bits per heavy atom. The molecule has 6 heteroatoms. The minimum Gasteiger partial charge on any atom is -0.312 e. The lowest BCUT2D eigenvalue weighted by atomic mass is 10.3. The maximum atomic E-state index is 11.8. The van der Waals surface area contributed by atoms with E-state index in [-0.39, 0.29) is 11.3 Å². The number of hydrogen-bond acceptors (Lipinski definition) is 5. The van der Waals surface area contributed by atoms with Gasteiger partial charge in [0.1, 0.15) is 10.3 Å². The van der Waals surface area contributed by atoms with Gasteiger partial charge in [0.05, 0.1) is 5.75 Å². The third kappa shape index (κ3) is 2.14. The molecule has 1 aromatic heterocycles. The van der Waals surface area contributed by atoms with Crippen molar-refractivity contribution in [3.8, 4) is 0 Å². The third-order valence-electron chi connectivity index (χ3n) is 3.01. The maximum absolute atomic E-state index is 11.8. The molecule has 90 valence electrons. The molecule has 0 radical (unpaired) electrons. The summed E-state index contributed by atoms with van der Waals surface area (Å²) in [5.41, 5.74) is 0. The van der Waals surface area contributed by atoms with Gasteiger partial charge in [-0.3, -0.25) is 0 Å². The van der Waals surface area contributed by atoms with Crippen LogP contribution in [0.3, 0.4) is 0 Å². The first-order valence-electron chi connectivity index (χ1n) is 5.39. The molecule has 2 heterocycles. The van der Waals surface area contributed by atoms with Crippen molar-refractivity contribution in [1.82, 2.24) is 10.3 Å². The van der Waals surface area contributed by atoms with Crippen LogP contribution in [0.25, 0.3) is 0 Å². The van der Waals surface area contributed by atoms with E-state index in [0.717, 1.165) is 22.7 Å². The summed E-state index contributed by atoms with van der Waals surface area (Å²) in [5, 5.41) is 3.53. The van der Waals surface area contributed by atoms with Crippen molar-refractivity contribution in [3.05, 3.63) is 16.1 Å². The van der Waals surface area contributed by atoms with Gasteiger partial charge in [-0.25, -0.2) is 13.4 Å². The lowest BCUT2D eigenvalue weighted by Crippen LogP contribution is -2.10. The molecule has 2 rings (SSSR count). The Bertz CT molecular complexity index is 467. The van der Waals surface area contributed by atoms with Crippen LogP contribution in [0.2, 0.25) is 0 Å². The summed E-state index contributed by atoms with van der Waals surface area (Å²) >= 11 is 1.51. The van der Waals surface area contributed by atoms with Gasteiger partial charge >= 0.3 is 0 Å². The largest absolute Gasteiger partial charge is 0.312 e. The smallest absolute Gasteiger partial charge is 0.159 e. The Labute approximate surface area is 100 Å². The van der Waals surface area contributed by atoms with E-state index in [1.54, 1.807) is 6.20 Å². The zero-order valence-corrected chi connectivity index (χ0v) is 11.1. The summed E-state index contributed by atoms with van der Waals surface area (Å²) < 4.78 is 23.5. The van der Waals surface area contributed by atoms with Crippen LogP contribution in [0.4, 0.5) is 0 Å². The van der Waals surface area contributed by atoms with Gasteiger partial charge in [0, 0.05) is 17.1 Å². The molecule has 1 N–H and O–H groups in total. The van der Waals surface area contributed by atoms with Gasteiger partial charge in [0.2, 0.25) is 0 Å². The van der Waals surface area contributed by atoms with Crippen molar-refractivity contribution in [2.45, 2.75) is 31.1 Å². The number of sulfone groups is 1. The SMILES string of the molecule is CNC(C)c1cnc(C2CCCS2(=O)=O)s1. The predicted octanol–water partition coefficient (Wildman–Crippen LogP) is 1.67. The number of thiazole rings is 1. The molecule has 1 saturated heterocycles. The molecule has 16 heavy (non-hydrogen) atoms. The average Bonchev–Trinajstić information content (AvgIpc) is 2.82. The Balaban J connectivity index is 2.25. The fourth-order valence-electron chi connectivity index (χ4n) is 1.86. The van der Waals surface area contributed by atoms with Crippen molar-refractivity contribution < 1.29 is 8.42 Å². The Morgan fingerprint density at radius 3 is 2.94 bits per heavy atom. The highest BCUT2D eigenvalue weighted by Gasteiger charge is 2.34. The lowest BCUT2D eigenvalue weighted by Gasteiger charge is -2.06. The summed E-state index contributed by atoms with van der Waals surface area (Å²) in [6, 6.07) is 0.232. The van der Waals surface area contributed by atoms with Gasteiger partial charge in [-0.05, 0) is 26.8 Å². The fraction of sp³-hybridized carbons (Fsp3) is 0.700. The maximum Gasteiger partial charge on any atom is 0.159 e. The standard InChI is InChI=1S/C10H16N2O2S2/c1-7(11-2)8-6-12-10(15-8)9-4-3-5-16(9,13)14/h6-7,9,11H,3-5H2,1-2H3. The summed E-state index contributed by atoms with van der Waals surface area (Å²) in [6.45, 7) is 2.04. The average molecular weight is 260 g/mol. The molecule has 0 bridgehead atoms. The van der Waals surface area contributed by atoms with E-state index in [0.29, 0.717) is 5.75 Å². The number of aromatic nitrogens is 1. The van der Waals surface area contributed by atoms with Crippen LogP contribution in [-0.2, 0) is 9.84 Å². The van der Waals surface area contributed by atoms with Gasteiger partial charge in [0.25, 0.3) is 0 Å². The van der Waals surface area contributed by atoms with Crippen molar-refractivity contribution in [1.29, 1.82) is 0 Å². The molecular weight excluding hydrogens is 244 g/mol. The van der Waals surface area contributed by atoms with Crippen molar-refractivity contribution in [3.63, 3.8) is 0 Å². The number of hydrogen-bond donors (Lipinski definition) is 1. The van der Waals surface area contributed by atoms with Crippen molar-refractivity contribution in [2.75, 3.05) is 12.8 Å². The molecule has 2 unspecified atom stereocenters. The summed E-state index contributed by atoms with van der Waals surface area (Å²) in [5.74, 6) is 0.314. The van der Waals surface area contributed by atoms with Crippen LogP contribution in [-0.4, -0.2) is 26.2 Å². The predicted molar refractivity (Wildman–Crippen MR) is 65.4 cm³/mol. The van der Waals surface area contributed by atoms with Crippen LogP contribution in [0, 0.1) is 0 Å². The van der Waals surface area contributed by atoms with E-state index in [2.05, 4.69) is 10.3 Å². The highest BCUT2D eigenvalue weighted by molar-refractivity contribution is 7.92. The monoisotopic (exact) mass is 260 g/mol. The third-order valence-corrected chi connectivity index (χ3v) is 6.63. The first-order chi connectivity index (χ1) is 7.54. The quantitative estimate of drug-likeness (QED) is 0.898. The van der Waals surface area contributed by atoms with Crippen LogP contribution < -0.4 is 5.32 Å². The molecule has 0 saturated carbocycles. The zero-order valence-electron chi connectivity index (χ0n) is 9.43. The van der Waals surface area contributed by atoms with Gasteiger partial charge in [0.15, 0.2) is 9.84 Å². The first kappa shape index (κ1) is 12.0. The highest BCUT2D eigenvalue weighted by Crippen LogP contribution is 2.37. The Kier molecular flexibility index (Phi) is 3.32. The van der Waals surface area contributed by atoms with E-state index in [1.165, 1.54) is 11.3 Å². The molecule has 4 nitrogen and oxygen atoms in total. The second kappa shape index (κ2) is 4.43. The van der Waals surface area contributed by atoms with Gasteiger partial charge in [-0.15, -0.1) is 11.3 Å². The first-order valence-corrected chi connectivity index (χ1v) is 7.92. The van der Waals surface area contributed by atoms with Gasteiger partial charge in [-0.2, -0.15) is 0 Å². The van der Waals surface area contributed by atoms with Gasteiger partial charge in [-0.1, -0.05) is 0 Å². The summed E-state index contributed by atoms with van der Waals surface area (Å²) in [6.07, 6.45) is 3.28. The molecular formula is C10H16N2O2S2. The van der Waals surface area contributed by atoms with Crippen molar-refractivity contribution >= 4 is 21.2 Å². The summed E-state index contributed by atoms with van der Waals surface area (Å²) in [4.78, 5) is 5.36. The minimum absolute atomic E-state index is 0.232. The van der Waals surface area contributed by atoms with Crippen molar-refractivity contribution in [2.24, 2.45) is 0 Å². The number of nitrogens with zero attached hydrogens (tertiary/aromatic N) is 1. The van der Waals surface area contributed by atoms with Crippen LogP contribution in [0.15, 0.2) is 6.20 Å². The highest BCUT2D eigenvalue weighted by atomic mass is 32.2. The molecule has 0 amide bonds. The van der Waals surface area contributed by atoms with Crippen LogP contribution in [0.1, 0.15) is 40.9 Å².